The Morgan fingerprint density at radius 2 is 2.00 bits per heavy atom. The molecule has 7 nitrogen and oxygen atoms in total. The van der Waals surface area contributed by atoms with Gasteiger partial charge in [-0.3, -0.25) is 14.9 Å². The van der Waals surface area contributed by atoms with Crippen molar-refractivity contribution in [3.63, 3.8) is 0 Å². The van der Waals surface area contributed by atoms with Gasteiger partial charge in [0.1, 0.15) is 5.75 Å². The predicted octanol–water partition coefficient (Wildman–Crippen LogP) is 1.98. The van der Waals surface area contributed by atoms with Crippen LogP contribution >= 0.6 is 0 Å². The van der Waals surface area contributed by atoms with E-state index in [1.165, 1.54) is 37.5 Å². The number of aromatic nitrogens is 2. The maximum Gasteiger partial charge on any atom is 0.308 e. The van der Waals surface area contributed by atoms with E-state index >= 15 is 0 Å². The van der Waals surface area contributed by atoms with Crippen LogP contribution in [0.15, 0.2) is 36.7 Å². The van der Waals surface area contributed by atoms with E-state index in [4.69, 9.17) is 4.74 Å². The zero-order valence-corrected chi connectivity index (χ0v) is 9.94. The van der Waals surface area contributed by atoms with Gasteiger partial charge in [0.15, 0.2) is 5.82 Å². The third-order valence-corrected chi connectivity index (χ3v) is 2.23. The van der Waals surface area contributed by atoms with Crippen molar-refractivity contribution in [1.82, 2.24) is 9.97 Å². The van der Waals surface area contributed by atoms with E-state index in [1.807, 2.05) is 0 Å². The molecule has 0 aliphatic carbocycles. The molecule has 0 fully saturated rings. The minimum absolute atomic E-state index is 0.127. The van der Waals surface area contributed by atoms with Crippen LogP contribution in [0.2, 0.25) is 0 Å². The Morgan fingerprint density at radius 1 is 1.32 bits per heavy atom. The van der Waals surface area contributed by atoms with Crippen LogP contribution in [0.4, 0.5) is 5.69 Å². The molecule has 0 N–H and O–H groups in total. The Balaban J connectivity index is 2.56. The second kappa shape index (κ2) is 5.21. The summed E-state index contributed by atoms with van der Waals surface area (Å²) in [6, 6.07) is 5.50. The van der Waals surface area contributed by atoms with Crippen molar-refractivity contribution >= 4 is 11.7 Å². The van der Waals surface area contributed by atoms with Gasteiger partial charge in [-0.05, 0) is 12.1 Å². The van der Waals surface area contributed by atoms with Crippen LogP contribution in [0.3, 0.4) is 0 Å². The number of carbonyl (C=O) groups is 1. The average molecular weight is 259 g/mol. The molecule has 0 saturated carbocycles. The van der Waals surface area contributed by atoms with E-state index in [-0.39, 0.29) is 17.3 Å². The second-order valence-electron chi connectivity index (χ2n) is 3.60. The van der Waals surface area contributed by atoms with Crippen LogP contribution in [0, 0.1) is 10.1 Å². The Morgan fingerprint density at radius 3 is 2.58 bits per heavy atom. The molecule has 0 bridgehead atoms. The van der Waals surface area contributed by atoms with Gasteiger partial charge >= 0.3 is 5.97 Å². The number of nitro groups is 1. The summed E-state index contributed by atoms with van der Waals surface area (Å²) in [4.78, 5) is 29.2. The highest BCUT2D eigenvalue weighted by atomic mass is 16.6. The van der Waals surface area contributed by atoms with Crippen LogP contribution in [0.1, 0.15) is 6.92 Å². The molecule has 19 heavy (non-hydrogen) atoms. The highest BCUT2D eigenvalue weighted by molar-refractivity contribution is 5.75. The minimum Gasteiger partial charge on any atom is -0.426 e. The van der Waals surface area contributed by atoms with Gasteiger partial charge in [0.2, 0.25) is 0 Å². The van der Waals surface area contributed by atoms with Crippen molar-refractivity contribution in [3.8, 4) is 17.1 Å². The van der Waals surface area contributed by atoms with E-state index in [0.29, 0.717) is 5.56 Å². The van der Waals surface area contributed by atoms with E-state index in [9.17, 15) is 14.9 Å². The lowest BCUT2D eigenvalue weighted by atomic mass is 10.1. The second-order valence-corrected chi connectivity index (χ2v) is 3.60. The number of hydrogen-bond acceptors (Lipinski definition) is 6. The first-order valence-corrected chi connectivity index (χ1v) is 5.32. The number of non-ortho nitro benzene ring substituents is 1. The molecule has 0 spiro atoms. The van der Waals surface area contributed by atoms with Crippen molar-refractivity contribution in [1.29, 1.82) is 0 Å². The highest BCUT2D eigenvalue weighted by Crippen LogP contribution is 2.31. The summed E-state index contributed by atoms with van der Waals surface area (Å²) < 4.78 is 4.99. The van der Waals surface area contributed by atoms with Gasteiger partial charge in [-0.1, -0.05) is 0 Å². The Labute approximate surface area is 108 Å². The first kappa shape index (κ1) is 12.6. The number of ether oxygens (including phenoxy) is 1. The van der Waals surface area contributed by atoms with Gasteiger partial charge in [0, 0.05) is 31.5 Å². The smallest absolute Gasteiger partial charge is 0.308 e. The lowest BCUT2D eigenvalue weighted by molar-refractivity contribution is -0.384. The summed E-state index contributed by atoms with van der Waals surface area (Å²) in [5.41, 5.74) is 0.170. The number of rotatable bonds is 3. The predicted molar refractivity (Wildman–Crippen MR) is 65.4 cm³/mol. The quantitative estimate of drug-likeness (QED) is 0.362. The zero-order chi connectivity index (χ0) is 13.8. The monoisotopic (exact) mass is 259 g/mol. The largest absolute Gasteiger partial charge is 0.426 e. The van der Waals surface area contributed by atoms with E-state index in [0.717, 1.165) is 0 Å². The SMILES string of the molecule is CC(=O)Oc1ccc([N+](=O)[O-])cc1-c1ncccn1. The third-order valence-electron chi connectivity index (χ3n) is 2.23. The summed E-state index contributed by atoms with van der Waals surface area (Å²) in [6.07, 6.45) is 3.00. The maximum atomic E-state index is 11.0. The van der Waals surface area contributed by atoms with Gasteiger partial charge in [-0.2, -0.15) is 0 Å². The lowest BCUT2D eigenvalue weighted by Gasteiger charge is -2.07. The van der Waals surface area contributed by atoms with Crippen LogP contribution in [0.25, 0.3) is 11.4 Å². The molecule has 0 radical (unpaired) electrons. The molecule has 0 amide bonds. The summed E-state index contributed by atoms with van der Waals surface area (Å²) in [7, 11) is 0. The summed E-state index contributed by atoms with van der Waals surface area (Å²) in [5.74, 6) is -0.0854. The van der Waals surface area contributed by atoms with Crippen molar-refractivity contribution in [3.05, 3.63) is 46.8 Å². The molecule has 0 aliphatic heterocycles. The molecule has 1 aromatic heterocycles. The fourth-order valence-corrected chi connectivity index (χ4v) is 1.49. The van der Waals surface area contributed by atoms with Crippen molar-refractivity contribution in [2.75, 3.05) is 0 Å². The number of carbonyl (C=O) groups excluding carboxylic acids is 1. The van der Waals surface area contributed by atoms with Gasteiger partial charge in [0.25, 0.3) is 5.69 Å². The first-order valence-electron chi connectivity index (χ1n) is 5.32. The highest BCUT2D eigenvalue weighted by Gasteiger charge is 2.16. The molecule has 2 rings (SSSR count). The molecular formula is C12H9N3O4. The molecule has 7 heteroatoms. The summed E-state index contributed by atoms with van der Waals surface area (Å²) in [5, 5.41) is 10.8. The van der Waals surface area contributed by atoms with E-state index in [1.54, 1.807) is 6.07 Å². The van der Waals surface area contributed by atoms with Gasteiger partial charge < -0.3 is 4.74 Å². The fraction of sp³-hybridized carbons (Fsp3) is 0.0833. The third kappa shape index (κ3) is 2.89. The van der Waals surface area contributed by atoms with Crippen LogP contribution in [-0.2, 0) is 4.79 Å². The Bertz CT molecular complexity index is 628. The van der Waals surface area contributed by atoms with E-state index in [2.05, 4.69) is 9.97 Å². The number of benzene rings is 1. The van der Waals surface area contributed by atoms with Crippen LogP contribution in [-0.4, -0.2) is 20.9 Å². The normalized spacial score (nSPS) is 9.95. The standard InChI is InChI=1S/C12H9N3O4/c1-8(16)19-11-4-3-9(15(17)18)7-10(11)12-13-5-2-6-14-12/h2-7H,1H3. The molecule has 96 valence electrons. The molecule has 2 aromatic rings. The number of nitro benzene ring substituents is 1. The average Bonchev–Trinajstić information content (AvgIpc) is 2.39. The lowest BCUT2D eigenvalue weighted by Crippen LogP contribution is -2.04. The van der Waals surface area contributed by atoms with Gasteiger partial charge in [-0.25, -0.2) is 9.97 Å². The fourth-order valence-electron chi connectivity index (χ4n) is 1.49. The molecule has 0 aliphatic rings. The van der Waals surface area contributed by atoms with Crippen molar-refractivity contribution in [2.45, 2.75) is 6.92 Å². The van der Waals surface area contributed by atoms with Crippen molar-refractivity contribution < 1.29 is 14.5 Å². The molecule has 0 atom stereocenters. The zero-order valence-electron chi connectivity index (χ0n) is 9.94. The molecule has 0 unspecified atom stereocenters. The first-order chi connectivity index (χ1) is 9.08. The number of nitrogens with zero attached hydrogens (tertiary/aromatic N) is 3. The number of hydrogen-bond donors (Lipinski definition) is 0. The van der Waals surface area contributed by atoms with Gasteiger partial charge in [-0.15, -0.1) is 0 Å². The molecule has 0 saturated heterocycles. The number of esters is 1. The van der Waals surface area contributed by atoms with E-state index < -0.39 is 10.9 Å². The molecule has 1 heterocycles. The summed E-state index contributed by atoms with van der Waals surface area (Å²) >= 11 is 0. The Kier molecular flexibility index (Phi) is 3.46. The summed E-state index contributed by atoms with van der Waals surface area (Å²) in [6.45, 7) is 1.25. The van der Waals surface area contributed by atoms with Crippen LogP contribution < -0.4 is 4.74 Å². The molecule has 1 aromatic carbocycles. The molecular weight excluding hydrogens is 250 g/mol. The Hall–Kier alpha value is -2.83. The topological polar surface area (TPSA) is 95.2 Å². The van der Waals surface area contributed by atoms with Crippen LogP contribution in [0.5, 0.6) is 5.75 Å². The van der Waals surface area contributed by atoms with Gasteiger partial charge in [0.05, 0.1) is 10.5 Å². The van der Waals surface area contributed by atoms with Crippen molar-refractivity contribution in [2.24, 2.45) is 0 Å². The minimum atomic E-state index is -0.538. The maximum absolute atomic E-state index is 11.0.